The zero-order chi connectivity index (χ0) is 17.2. The molecular formula is C15H22N2O4S2. The molecule has 2 atom stereocenters. The average molecular weight is 358 g/mol. The van der Waals surface area contributed by atoms with Crippen molar-refractivity contribution in [3.63, 3.8) is 0 Å². The van der Waals surface area contributed by atoms with E-state index < -0.39 is 11.9 Å². The third kappa shape index (κ3) is 3.85. The van der Waals surface area contributed by atoms with E-state index in [9.17, 15) is 9.59 Å². The molecule has 2 rings (SSSR count). The maximum absolute atomic E-state index is 12.0. The van der Waals surface area contributed by atoms with Crippen LogP contribution < -0.4 is 5.43 Å². The van der Waals surface area contributed by atoms with E-state index in [0.29, 0.717) is 27.5 Å². The van der Waals surface area contributed by atoms with Crippen molar-refractivity contribution in [1.82, 2.24) is 5.43 Å². The molecule has 1 N–H and O–H groups in total. The fourth-order valence-corrected chi connectivity index (χ4v) is 5.65. The molecule has 0 aromatic rings. The van der Waals surface area contributed by atoms with E-state index in [1.54, 1.807) is 23.5 Å². The Morgan fingerprint density at radius 2 is 1.83 bits per heavy atom. The largest absolute Gasteiger partial charge is 0.464 e. The van der Waals surface area contributed by atoms with Gasteiger partial charge in [-0.25, -0.2) is 9.59 Å². The Balaban J connectivity index is 2.38. The standard InChI is InChI=1S/C15H22N2O4S2/c1-15(2,3)14-22-6-8-9(7-23-14)11(13(19)21-5)17-16-10(8)12(18)20-4/h8,14,17H,6-7H2,1-5H3/t8-,14-/m1/s1. The number of esters is 2. The Morgan fingerprint density at radius 3 is 2.39 bits per heavy atom. The molecule has 0 amide bonds. The summed E-state index contributed by atoms with van der Waals surface area (Å²) in [4.78, 5) is 24.0. The van der Waals surface area contributed by atoms with Crippen molar-refractivity contribution in [1.29, 1.82) is 0 Å². The highest BCUT2D eigenvalue weighted by Gasteiger charge is 2.39. The Hall–Kier alpha value is -1.15. The van der Waals surface area contributed by atoms with E-state index in [2.05, 4.69) is 31.3 Å². The van der Waals surface area contributed by atoms with E-state index in [1.807, 2.05) is 0 Å². The van der Waals surface area contributed by atoms with Crippen molar-refractivity contribution < 1.29 is 19.1 Å². The predicted octanol–water partition coefficient (Wildman–Crippen LogP) is 2.01. The molecule has 0 bridgehead atoms. The molecule has 0 unspecified atom stereocenters. The monoisotopic (exact) mass is 358 g/mol. The molecule has 0 saturated carbocycles. The van der Waals surface area contributed by atoms with Gasteiger partial charge in [0.1, 0.15) is 5.70 Å². The summed E-state index contributed by atoms with van der Waals surface area (Å²) in [5.41, 5.74) is 4.32. The third-order valence-electron chi connectivity index (χ3n) is 3.66. The highest BCUT2D eigenvalue weighted by Crippen LogP contribution is 2.45. The number of ether oxygens (including phenoxy) is 2. The van der Waals surface area contributed by atoms with Gasteiger partial charge < -0.3 is 9.47 Å². The van der Waals surface area contributed by atoms with Crippen molar-refractivity contribution in [3.8, 4) is 0 Å². The van der Waals surface area contributed by atoms with Gasteiger partial charge in [0.05, 0.1) is 18.8 Å². The van der Waals surface area contributed by atoms with Gasteiger partial charge in [0, 0.05) is 17.4 Å². The lowest BCUT2D eigenvalue weighted by Crippen LogP contribution is -2.38. The lowest BCUT2D eigenvalue weighted by molar-refractivity contribution is -0.137. The van der Waals surface area contributed by atoms with E-state index in [1.165, 1.54) is 14.2 Å². The van der Waals surface area contributed by atoms with Crippen molar-refractivity contribution in [2.75, 3.05) is 25.7 Å². The van der Waals surface area contributed by atoms with E-state index >= 15 is 0 Å². The summed E-state index contributed by atoms with van der Waals surface area (Å²) >= 11 is 3.57. The second-order valence-corrected chi connectivity index (χ2v) is 8.92. The van der Waals surface area contributed by atoms with Crippen LogP contribution in [0.1, 0.15) is 20.8 Å². The molecule has 23 heavy (non-hydrogen) atoms. The lowest BCUT2D eigenvalue weighted by Gasteiger charge is -2.28. The number of nitrogens with zero attached hydrogens (tertiary/aromatic N) is 1. The number of nitrogens with one attached hydrogen (secondary N) is 1. The van der Waals surface area contributed by atoms with Crippen LogP contribution in [-0.2, 0) is 19.1 Å². The maximum atomic E-state index is 12.0. The highest BCUT2D eigenvalue weighted by atomic mass is 32.2. The summed E-state index contributed by atoms with van der Waals surface area (Å²) in [5, 5.41) is 4.07. The van der Waals surface area contributed by atoms with Gasteiger partial charge in [0.25, 0.3) is 0 Å². The minimum Gasteiger partial charge on any atom is -0.464 e. The van der Waals surface area contributed by atoms with Crippen LogP contribution in [0.5, 0.6) is 0 Å². The summed E-state index contributed by atoms with van der Waals surface area (Å²) < 4.78 is 10.0. The molecular weight excluding hydrogens is 336 g/mol. The predicted molar refractivity (Wildman–Crippen MR) is 93.3 cm³/mol. The Bertz CT molecular complexity index is 566. The minimum atomic E-state index is -0.469. The zero-order valence-electron chi connectivity index (χ0n) is 14.0. The van der Waals surface area contributed by atoms with E-state index in [0.717, 1.165) is 5.57 Å². The first kappa shape index (κ1) is 18.2. The summed E-state index contributed by atoms with van der Waals surface area (Å²) in [5.74, 6) is 0.164. The summed E-state index contributed by atoms with van der Waals surface area (Å²) in [6.45, 7) is 6.57. The van der Waals surface area contributed by atoms with Crippen LogP contribution in [0.25, 0.3) is 0 Å². The Morgan fingerprint density at radius 1 is 1.17 bits per heavy atom. The number of fused-ring (bicyclic) bond motifs is 1. The summed E-state index contributed by atoms with van der Waals surface area (Å²) in [6, 6.07) is 0. The van der Waals surface area contributed by atoms with Crippen LogP contribution in [0.3, 0.4) is 0 Å². The molecule has 2 heterocycles. The molecule has 2 aliphatic rings. The van der Waals surface area contributed by atoms with Crippen molar-refractivity contribution >= 4 is 41.2 Å². The number of hydrogen-bond donors (Lipinski definition) is 1. The smallest absolute Gasteiger partial charge is 0.356 e. The van der Waals surface area contributed by atoms with Gasteiger partial charge in [-0.1, -0.05) is 20.8 Å². The van der Waals surface area contributed by atoms with Crippen LogP contribution in [0.15, 0.2) is 16.4 Å². The Kier molecular flexibility index (Phi) is 5.67. The highest BCUT2D eigenvalue weighted by molar-refractivity contribution is 8.17. The van der Waals surface area contributed by atoms with Gasteiger partial charge >= 0.3 is 11.9 Å². The number of rotatable bonds is 2. The molecule has 0 aromatic carbocycles. The molecule has 128 valence electrons. The number of hydrazone groups is 1. The molecule has 6 nitrogen and oxygen atoms in total. The van der Waals surface area contributed by atoms with Crippen LogP contribution in [-0.4, -0.2) is 48.0 Å². The van der Waals surface area contributed by atoms with Crippen LogP contribution in [0.2, 0.25) is 0 Å². The molecule has 1 fully saturated rings. The normalized spacial score (nSPS) is 24.8. The molecule has 0 aliphatic carbocycles. The fourth-order valence-electron chi connectivity index (χ4n) is 2.43. The van der Waals surface area contributed by atoms with Gasteiger partial charge in [-0.05, 0) is 11.0 Å². The summed E-state index contributed by atoms with van der Waals surface area (Å²) in [6.07, 6.45) is 0. The number of methoxy groups -OCH3 is 2. The summed E-state index contributed by atoms with van der Waals surface area (Å²) in [7, 11) is 2.67. The van der Waals surface area contributed by atoms with Gasteiger partial charge in [0.2, 0.25) is 0 Å². The van der Waals surface area contributed by atoms with Crippen LogP contribution >= 0.6 is 23.5 Å². The molecule has 8 heteroatoms. The quantitative estimate of drug-likeness (QED) is 0.757. The number of carbonyl (C=O) groups is 2. The van der Waals surface area contributed by atoms with Gasteiger partial charge in [-0.15, -0.1) is 23.5 Å². The Labute approximate surface area is 144 Å². The fraction of sp³-hybridized carbons (Fsp3) is 0.667. The van der Waals surface area contributed by atoms with Gasteiger partial charge in [0.15, 0.2) is 5.71 Å². The molecule has 2 aliphatic heterocycles. The van der Waals surface area contributed by atoms with Gasteiger partial charge in [-0.3, -0.25) is 5.43 Å². The lowest BCUT2D eigenvalue weighted by atomic mass is 9.93. The first-order valence-corrected chi connectivity index (χ1v) is 9.35. The first-order chi connectivity index (χ1) is 10.8. The number of thioether (sulfide) groups is 2. The topological polar surface area (TPSA) is 77.0 Å². The number of hydrogen-bond acceptors (Lipinski definition) is 8. The SMILES string of the molecule is COC(=O)C1=NNC(C(=O)OC)=C2CS[C@H](C(C)(C)C)SC[C@@H]12. The maximum Gasteiger partial charge on any atom is 0.356 e. The van der Waals surface area contributed by atoms with Crippen LogP contribution in [0.4, 0.5) is 0 Å². The van der Waals surface area contributed by atoms with Crippen molar-refractivity contribution in [3.05, 3.63) is 11.3 Å². The average Bonchev–Trinajstić information content (AvgIpc) is 2.75. The number of carbonyl (C=O) groups excluding carboxylic acids is 2. The zero-order valence-corrected chi connectivity index (χ0v) is 15.6. The van der Waals surface area contributed by atoms with Gasteiger partial charge in [-0.2, -0.15) is 5.10 Å². The molecule has 1 saturated heterocycles. The van der Waals surface area contributed by atoms with Crippen molar-refractivity contribution in [2.24, 2.45) is 16.4 Å². The second-order valence-electron chi connectivity index (χ2n) is 6.39. The molecule has 0 radical (unpaired) electrons. The minimum absolute atomic E-state index is 0.116. The van der Waals surface area contributed by atoms with E-state index in [4.69, 9.17) is 9.47 Å². The van der Waals surface area contributed by atoms with E-state index in [-0.39, 0.29) is 11.3 Å². The van der Waals surface area contributed by atoms with Crippen LogP contribution in [0, 0.1) is 11.3 Å². The van der Waals surface area contributed by atoms with Crippen molar-refractivity contribution in [2.45, 2.75) is 25.4 Å². The second kappa shape index (κ2) is 7.17. The molecule has 0 aromatic heterocycles. The third-order valence-corrected chi connectivity index (χ3v) is 7.50. The molecule has 0 spiro atoms. The first-order valence-electron chi connectivity index (χ1n) is 7.26.